The molecule has 0 bridgehead atoms. The highest BCUT2D eigenvalue weighted by Crippen LogP contribution is 2.24. The monoisotopic (exact) mass is 276 g/mol. The van der Waals surface area contributed by atoms with Gasteiger partial charge >= 0.3 is 0 Å². The summed E-state index contributed by atoms with van der Waals surface area (Å²) < 4.78 is 0. The highest BCUT2D eigenvalue weighted by Gasteiger charge is 2.12. The molecule has 0 saturated heterocycles. The summed E-state index contributed by atoms with van der Waals surface area (Å²) in [5, 5.41) is 2.55. The third-order valence-electron chi connectivity index (χ3n) is 3.99. The van der Waals surface area contributed by atoms with Crippen LogP contribution in [0.2, 0.25) is 0 Å². The Labute approximate surface area is 125 Å². The molecule has 1 aromatic heterocycles. The Kier molecular flexibility index (Phi) is 3.72. The first-order valence-electron chi connectivity index (χ1n) is 7.31. The molecule has 21 heavy (non-hydrogen) atoms. The first-order chi connectivity index (χ1) is 10.1. The molecule has 0 aliphatic rings. The van der Waals surface area contributed by atoms with Crippen LogP contribution in [0, 0.1) is 13.8 Å². The van der Waals surface area contributed by atoms with E-state index in [-0.39, 0.29) is 6.04 Å². The zero-order valence-corrected chi connectivity index (χ0v) is 12.5. The van der Waals surface area contributed by atoms with E-state index < -0.39 is 0 Å². The molecule has 1 heterocycles. The number of hydrogen-bond donors (Lipinski definition) is 1. The van der Waals surface area contributed by atoms with Crippen molar-refractivity contribution < 1.29 is 0 Å². The Bertz CT molecular complexity index is 772. The number of rotatable bonds is 3. The lowest BCUT2D eigenvalue weighted by molar-refractivity contribution is 0.713. The summed E-state index contributed by atoms with van der Waals surface area (Å²) in [4.78, 5) is 4.52. The van der Waals surface area contributed by atoms with Crippen LogP contribution in [0.15, 0.2) is 54.6 Å². The number of fused-ring (bicyclic) bond motifs is 1. The second-order valence-corrected chi connectivity index (χ2v) is 5.58. The summed E-state index contributed by atoms with van der Waals surface area (Å²) in [5.74, 6) is 0. The Morgan fingerprint density at radius 2 is 1.71 bits per heavy atom. The molecule has 2 aromatic carbocycles. The molecule has 2 nitrogen and oxygen atoms in total. The zero-order chi connectivity index (χ0) is 14.8. The number of pyridine rings is 1. The van der Waals surface area contributed by atoms with E-state index in [1.165, 1.54) is 16.3 Å². The van der Waals surface area contributed by atoms with Crippen molar-refractivity contribution in [1.82, 2.24) is 4.98 Å². The van der Waals surface area contributed by atoms with Gasteiger partial charge in [-0.05, 0) is 48.2 Å². The quantitative estimate of drug-likeness (QED) is 0.782. The molecule has 0 spiro atoms. The number of aryl methyl sites for hydroxylation is 2. The lowest BCUT2D eigenvalue weighted by Gasteiger charge is -2.16. The number of hydrogen-bond acceptors (Lipinski definition) is 2. The first kappa shape index (κ1) is 13.8. The number of nitrogens with two attached hydrogens (primary N) is 1. The Morgan fingerprint density at radius 3 is 2.52 bits per heavy atom. The van der Waals surface area contributed by atoms with Crippen molar-refractivity contribution in [3.8, 4) is 0 Å². The molecule has 3 aromatic rings. The lowest BCUT2D eigenvalue weighted by Crippen LogP contribution is -2.15. The van der Waals surface area contributed by atoms with E-state index in [9.17, 15) is 0 Å². The minimum atomic E-state index is -0.0242. The van der Waals surface area contributed by atoms with Gasteiger partial charge in [-0.2, -0.15) is 0 Å². The third kappa shape index (κ3) is 2.81. The van der Waals surface area contributed by atoms with Gasteiger partial charge in [-0.3, -0.25) is 4.98 Å². The average molecular weight is 276 g/mol. The van der Waals surface area contributed by atoms with Crippen LogP contribution in [-0.4, -0.2) is 4.98 Å². The number of nitrogens with zero attached hydrogens (tertiary/aromatic N) is 1. The van der Waals surface area contributed by atoms with Crippen LogP contribution in [-0.2, 0) is 6.42 Å². The van der Waals surface area contributed by atoms with Gasteiger partial charge in [0, 0.05) is 17.4 Å². The SMILES string of the molecule is Cc1ccc(C(N)Cc2cccc3ccccc23)c(C)n1. The molecule has 0 saturated carbocycles. The molecule has 0 aliphatic carbocycles. The topological polar surface area (TPSA) is 38.9 Å². The standard InChI is InChI=1S/C19H20N2/c1-13-10-11-17(14(2)21-13)19(20)12-16-8-5-7-15-6-3-4-9-18(15)16/h3-11,19H,12,20H2,1-2H3. The zero-order valence-electron chi connectivity index (χ0n) is 12.5. The molecule has 0 aliphatic heterocycles. The summed E-state index contributed by atoms with van der Waals surface area (Å²) in [6, 6.07) is 19.0. The van der Waals surface area contributed by atoms with Gasteiger partial charge in [0.25, 0.3) is 0 Å². The maximum atomic E-state index is 6.43. The van der Waals surface area contributed by atoms with Crippen LogP contribution in [0.4, 0.5) is 0 Å². The van der Waals surface area contributed by atoms with Crippen molar-refractivity contribution in [3.63, 3.8) is 0 Å². The van der Waals surface area contributed by atoms with Gasteiger partial charge in [-0.25, -0.2) is 0 Å². The highest BCUT2D eigenvalue weighted by molar-refractivity contribution is 5.85. The number of aromatic nitrogens is 1. The molecule has 0 amide bonds. The van der Waals surface area contributed by atoms with Crippen molar-refractivity contribution in [2.45, 2.75) is 26.3 Å². The molecule has 106 valence electrons. The third-order valence-corrected chi connectivity index (χ3v) is 3.99. The van der Waals surface area contributed by atoms with Gasteiger partial charge in [-0.1, -0.05) is 48.5 Å². The molecule has 0 radical (unpaired) electrons. The average Bonchev–Trinajstić information content (AvgIpc) is 2.47. The van der Waals surface area contributed by atoms with Crippen molar-refractivity contribution in [2.75, 3.05) is 0 Å². The predicted octanol–water partition coefficient (Wildman–Crippen LogP) is 4.09. The molecule has 2 heteroatoms. The molecule has 2 N–H and O–H groups in total. The van der Waals surface area contributed by atoms with E-state index in [1.54, 1.807) is 0 Å². The van der Waals surface area contributed by atoms with Crippen LogP contribution in [0.5, 0.6) is 0 Å². The summed E-state index contributed by atoms with van der Waals surface area (Å²) in [6.07, 6.45) is 0.826. The van der Waals surface area contributed by atoms with E-state index in [0.717, 1.165) is 23.4 Å². The smallest absolute Gasteiger partial charge is 0.0423 e. The van der Waals surface area contributed by atoms with E-state index in [4.69, 9.17) is 5.73 Å². The Balaban J connectivity index is 1.94. The minimum absolute atomic E-state index is 0.0242. The fourth-order valence-corrected chi connectivity index (χ4v) is 2.91. The summed E-state index contributed by atoms with van der Waals surface area (Å²) >= 11 is 0. The van der Waals surface area contributed by atoms with Gasteiger partial charge in [-0.15, -0.1) is 0 Å². The normalized spacial score (nSPS) is 12.5. The Morgan fingerprint density at radius 1 is 0.952 bits per heavy atom. The molecule has 1 unspecified atom stereocenters. The second-order valence-electron chi connectivity index (χ2n) is 5.58. The molecular formula is C19H20N2. The van der Waals surface area contributed by atoms with Gasteiger partial charge in [0.2, 0.25) is 0 Å². The maximum absolute atomic E-state index is 6.43. The van der Waals surface area contributed by atoms with E-state index in [2.05, 4.69) is 53.5 Å². The van der Waals surface area contributed by atoms with Gasteiger partial charge in [0.15, 0.2) is 0 Å². The summed E-state index contributed by atoms with van der Waals surface area (Å²) in [7, 11) is 0. The van der Waals surface area contributed by atoms with Gasteiger partial charge in [0.05, 0.1) is 0 Å². The van der Waals surface area contributed by atoms with Crippen LogP contribution >= 0.6 is 0 Å². The molecule has 0 fully saturated rings. The van der Waals surface area contributed by atoms with E-state index in [1.807, 2.05) is 19.9 Å². The van der Waals surface area contributed by atoms with E-state index >= 15 is 0 Å². The maximum Gasteiger partial charge on any atom is 0.0423 e. The molecular weight excluding hydrogens is 256 g/mol. The minimum Gasteiger partial charge on any atom is -0.324 e. The van der Waals surface area contributed by atoms with Crippen LogP contribution in [0.3, 0.4) is 0 Å². The fourth-order valence-electron chi connectivity index (χ4n) is 2.91. The predicted molar refractivity (Wildman–Crippen MR) is 88.3 cm³/mol. The summed E-state index contributed by atoms with van der Waals surface area (Å²) in [5.41, 5.74) is 10.9. The molecule has 1 atom stereocenters. The first-order valence-corrected chi connectivity index (χ1v) is 7.31. The number of benzene rings is 2. The molecule has 3 rings (SSSR count). The van der Waals surface area contributed by atoms with Crippen molar-refractivity contribution in [2.24, 2.45) is 5.73 Å². The van der Waals surface area contributed by atoms with Gasteiger partial charge in [0.1, 0.15) is 0 Å². The second kappa shape index (κ2) is 5.66. The van der Waals surface area contributed by atoms with Crippen molar-refractivity contribution in [3.05, 3.63) is 77.1 Å². The van der Waals surface area contributed by atoms with Gasteiger partial charge < -0.3 is 5.73 Å². The van der Waals surface area contributed by atoms with Crippen molar-refractivity contribution in [1.29, 1.82) is 0 Å². The summed E-state index contributed by atoms with van der Waals surface area (Å²) in [6.45, 7) is 4.04. The lowest BCUT2D eigenvalue weighted by atomic mass is 9.95. The van der Waals surface area contributed by atoms with Crippen LogP contribution < -0.4 is 5.73 Å². The van der Waals surface area contributed by atoms with Crippen LogP contribution in [0.25, 0.3) is 10.8 Å². The van der Waals surface area contributed by atoms with Crippen molar-refractivity contribution >= 4 is 10.8 Å². The fraction of sp³-hybridized carbons (Fsp3) is 0.211. The highest BCUT2D eigenvalue weighted by atomic mass is 14.7. The van der Waals surface area contributed by atoms with Crippen LogP contribution in [0.1, 0.15) is 28.6 Å². The van der Waals surface area contributed by atoms with E-state index in [0.29, 0.717) is 0 Å². The largest absolute Gasteiger partial charge is 0.324 e. The Hall–Kier alpha value is -2.19.